The van der Waals surface area contributed by atoms with Crippen LogP contribution in [0.2, 0.25) is 0 Å². The average Bonchev–Trinajstić information content (AvgIpc) is 2.66. The molecule has 1 aromatic rings. The minimum Gasteiger partial charge on any atom is -0.379 e. The molecule has 1 fully saturated rings. The van der Waals surface area contributed by atoms with Crippen molar-refractivity contribution in [3.63, 3.8) is 0 Å². The van der Waals surface area contributed by atoms with E-state index < -0.39 is 15.7 Å². The van der Waals surface area contributed by atoms with Gasteiger partial charge in [-0.3, -0.25) is 9.89 Å². The number of guanidine groups is 1. The summed E-state index contributed by atoms with van der Waals surface area (Å²) in [5.74, 6) is -0.351. The fourth-order valence-corrected chi connectivity index (χ4v) is 4.00. The van der Waals surface area contributed by atoms with Gasteiger partial charge in [0.2, 0.25) is 0 Å². The monoisotopic (exact) mass is 528 g/mol. The average molecular weight is 528 g/mol. The summed E-state index contributed by atoms with van der Waals surface area (Å²) in [5, 5.41) is 6.10. The number of benzene rings is 1. The molecule has 0 aliphatic carbocycles. The highest BCUT2D eigenvalue weighted by atomic mass is 127. The number of nitrogens with one attached hydrogen (secondary N) is 2. The Morgan fingerprint density at radius 1 is 1.25 bits per heavy atom. The lowest BCUT2D eigenvalue weighted by Crippen LogP contribution is -2.40. The molecule has 1 saturated heterocycles. The Morgan fingerprint density at radius 2 is 1.96 bits per heavy atom. The second-order valence-electron chi connectivity index (χ2n) is 6.24. The molecule has 2 N–H and O–H groups in total. The number of rotatable bonds is 9. The third-order valence-electron chi connectivity index (χ3n) is 4.19. The van der Waals surface area contributed by atoms with Gasteiger partial charge in [0, 0.05) is 39.3 Å². The van der Waals surface area contributed by atoms with Gasteiger partial charge < -0.3 is 15.4 Å². The SMILES string of the molecule is CCNC(=NCCCN1CCOCC1)NCCS(=O)(=O)c1ccccc1F.I. The van der Waals surface area contributed by atoms with Crippen molar-refractivity contribution in [2.24, 2.45) is 4.99 Å². The van der Waals surface area contributed by atoms with E-state index in [9.17, 15) is 12.8 Å². The molecule has 1 aliphatic heterocycles. The number of nitrogens with zero attached hydrogens (tertiary/aromatic N) is 2. The Hall–Kier alpha value is -0.980. The maximum absolute atomic E-state index is 13.7. The van der Waals surface area contributed by atoms with Crippen LogP contribution in [0.5, 0.6) is 0 Å². The van der Waals surface area contributed by atoms with Crippen LogP contribution in [0, 0.1) is 5.82 Å². The van der Waals surface area contributed by atoms with Crippen molar-refractivity contribution in [1.29, 1.82) is 0 Å². The Morgan fingerprint density at radius 3 is 2.64 bits per heavy atom. The first kappa shape index (κ1) is 25.1. The lowest BCUT2D eigenvalue weighted by Gasteiger charge is -2.26. The third-order valence-corrected chi connectivity index (χ3v) is 5.93. The van der Waals surface area contributed by atoms with Gasteiger partial charge >= 0.3 is 0 Å². The highest BCUT2D eigenvalue weighted by Gasteiger charge is 2.18. The number of halogens is 2. The standard InChI is InChI=1S/C18H29FN4O3S.HI/c1-2-20-18(21-8-5-10-23-11-13-26-14-12-23)22-9-15-27(24,25)17-7-4-3-6-16(17)19;/h3-4,6-7H,2,5,8-15H2,1H3,(H2,20,21,22);1H. The minimum absolute atomic E-state index is 0. The zero-order valence-electron chi connectivity index (χ0n) is 16.2. The summed E-state index contributed by atoms with van der Waals surface area (Å²) in [4.78, 5) is 6.56. The van der Waals surface area contributed by atoms with Crippen molar-refractivity contribution in [1.82, 2.24) is 15.5 Å². The normalized spacial score (nSPS) is 15.7. The molecule has 28 heavy (non-hydrogen) atoms. The first-order valence-corrected chi connectivity index (χ1v) is 11.0. The van der Waals surface area contributed by atoms with Crippen LogP contribution in [0.3, 0.4) is 0 Å². The Balaban J connectivity index is 0.00000392. The summed E-state index contributed by atoms with van der Waals surface area (Å²) in [7, 11) is -3.68. The van der Waals surface area contributed by atoms with E-state index >= 15 is 0 Å². The largest absolute Gasteiger partial charge is 0.379 e. The first-order valence-electron chi connectivity index (χ1n) is 9.32. The molecule has 0 saturated carbocycles. The van der Waals surface area contributed by atoms with Crippen molar-refractivity contribution in [3.05, 3.63) is 30.1 Å². The molecule has 2 rings (SSSR count). The summed E-state index contributed by atoms with van der Waals surface area (Å²) in [6.07, 6.45) is 0.921. The minimum atomic E-state index is -3.68. The van der Waals surface area contributed by atoms with Crippen LogP contribution in [0.4, 0.5) is 4.39 Å². The van der Waals surface area contributed by atoms with Crippen LogP contribution in [0.15, 0.2) is 34.2 Å². The smallest absolute Gasteiger partial charge is 0.191 e. The number of aliphatic imine (C=N–C) groups is 1. The van der Waals surface area contributed by atoms with Gasteiger partial charge in [0.05, 0.1) is 19.0 Å². The molecule has 0 unspecified atom stereocenters. The summed E-state index contributed by atoms with van der Waals surface area (Å²) >= 11 is 0. The van der Waals surface area contributed by atoms with E-state index in [0.29, 0.717) is 19.0 Å². The number of hydrogen-bond acceptors (Lipinski definition) is 5. The molecule has 0 atom stereocenters. The van der Waals surface area contributed by atoms with E-state index in [2.05, 4.69) is 20.5 Å². The summed E-state index contributed by atoms with van der Waals surface area (Å²) in [6.45, 7) is 7.86. The Kier molecular flexibility index (Phi) is 11.9. The van der Waals surface area contributed by atoms with E-state index in [1.54, 1.807) is 0 Å². The molecule has 0 radical (unpaired) electrons. The van der Waals surface area contributed by atoms with Crippen molar-refractivity contribution < 1.29 is 17.5 Å². The molecule has 1 aliphatic rings. The fraction of sp³-hybridized carbons (Fsp3) is 0.611. The lowest BCUT2D eigenvalue weighted by atomic mass is 10.3. The van der Waals surface area contributed by atoms with E-state index in [4.69, 9.17) is 4.74 Å². The van der Waals surface area contributed by atoms with E-state index in [0.717, 1.165) is 45.3 Å². The van der Waals surface area contributed by atoms with Gasteiger partial charge in [-0.05, 0) is 25.5 Å². The lowest BCUT2D eigenvalue weighted by molar-refractivity contribution is 0.0377. The number of morpholine rings is 1. The summed E-state index contributed by atoms with van der Waals surface area (Å²) < 4.78 is 43.6. The van der Waals surface area contributed by atoms with E-state index in [1.807, 2.05) is 6.92 Å². The van der Waals surface area contributed by atoms with Gasteiger partial charge in [-0.25, -0.2) is 12.8 Å². The Labute approximate surface area is 184 Å². The molecule has 0 aromatic heterocycles. The molecule has 0 bridgehead atoms. The predicted molar refractivity (Wildman–Crippen MR) is 120 cm³/mol. The molecule has 10 heteroatoms. The first-order chi connectivity index (χ1) is 13.0. The molecule has 160 valence electrons. The molecule has 1 aromatic carbocycles. The van der Waals surface area contributed by atoms with Crippen molar-refractivity contribution in [2.75, 3.05) is 58.2 Å². The Bertz CT molecular complexity index is 713. The fourth-order valence-electron chi connectivity index (χ4n) is 2.76. The zero-order valence-corrected chi connectivity index (χ0v) is 19.3. The van der Waals surface area contributed by atoms with Crippen LogP contribution in [-0.4, -0.2) is 77.5 Å². The summed E-state index contributed by atoms with van der Waals surface area (Å²) in [6, 6.07) is 5.43. The van der Waals surface area contributed by atoms with Gasteiger partial charge in [-0.2, -0.15) is 0 Å². The summed E-state index contributed by atoms with van der Waals surface area (Å²) in [5.41, 5.74) is 0. The van der Waals surface area contributed by atoms with Crippen LogP contribution < -0.4 is 10.6 Å². The van der Waals surface area contributed by atoms with E-state index in [-0.39, 0.29) is 41.2 Å². The van der Waals surface area contributed by atoms with Crippen LogP contribution >= 0.6 is 24.0 Å². The number of sulfone groups is 1. The van der Waals surface area contributed by atoms with Gasteiger partial charge in [0.1, 0.15) is 10.7 Å². The van der Waals surface area contributed by atoms with Crippen molar-refractivity contribution >= 4 is 39.8 Å². The molecule has 7 nitrogen and oxygen atoms in total. The molecule has 1 heterocycles. The van der Waals surface area contributed by atoms with Crippen molar-refractivity contribution in [2.45, 2.75) is 18.2 Å². The highest BCUT2D eigenvalue weighted by molar-refractivity contribution is 14.0. The van der Waals surface area contributed by atoms with Gasteiger partial charge in [0.25, 0.3) is 0 Å². The molecule has 0 spiro atoms. The van der Waals surface area contributed by atoms with Crippen LogP contribution in [0.25, 0.3) is 0 Å². The second-order valence-corrected chi connectivity index (χ2v) is 8.32. The second kappa shape index (κ2) is 13.3. The topological polar surface area (TPSA) is 83.0 Å². The number of hydrogen-bond donors (Lipinski definition) is 2. The van der Waals surface area contributed by atoms with Crippen molar-refractivity contribution in [3.8, 4) is 0 Å². The third kappa shape index (κ3) is 8.58. The molecular formula is C18H30FIN4O3S. The predicted octanol–water partition coefficient (Wildman–Crippen LogP) is 1.49. The zero-order chi connectivity index (χ0) is 19.5. The highest BCUT2D eigenvalue weighted by Crippen LogP contribution is 2.14. The molecule has 0 amide bonds. The maximum atomic E-state index is 13.7. The van der Waals surface area contributed by atoms with Gasteiger partial charge in [-0.1, -0.05) is 12.1 Å². The van der Waals surface area contributed by atoms with Gasteiger partial charge in [-0.15, -0.1) is 24.0 Å². The van der Waals surface area contributed by atoms with Crippen LogP contribution in [-0.2, 0) is 14.6 Å². The van der Waals surface area contributed by atoms with Crippen LogP contribution in [0.1, 0.15) is 13.3 Å². The molecular weight excluding hydrogens is 498 g/mol. The number of ether oxygens (including phenoxy) is 1. The quantitative estimate of drug-likeness (QED) is 0.219. The van der Waals surface area contributed by atoms with Gasteiger partial charge in [0.15, 0.2) is 15.8 Å². The van der Waals surface area contributed by atoms with E-state index in [1.165, 1.54) is 18.2 Å². The maximum Gasteiger partial charge on any atom is 0.191 e.